The van der Waals surface area contributed by atoms with E-state index in [1.165, 1.54) is 4.57 Å². The normalized spacial score (nSPS) is 11.2. The molecule has 3 heterocycles. The van der Waals surface area contributed by atoms with Crippen LogP contribution in [0.1, 0.15) is 11.4 Å². The number of fused-ring (bicyclic) bond motifs is 1. The largest absolute Gasteiger partial charge is 0.329 e. The Bertz CT molecular complexity index is 1000. The van der Waals surface area contributed by atoms with Crippen LogP contribution in [0.3, 0.4) is 0 Å². The minimum atomic E-state index is -0.499. The maximum atomic E-state index is 12.2. The summed E-state index contributed by atoms with van der Waals surface area (Å²) in [6.07, 6.45) is 1.67. The summed E-state index contributed by atoms with van der Waals surface area (Å²) in [5, 5.41) is 4.40. The average molecular weight is 300 g/mol. The van der Waals surface area contributed by atoms with Crippen LogP contribution in [0.25, 0.3) is 17.1 Å². The van der Waals surface area contributed by atoms with Crippen LogP contribution in [0.2, 0.25) is 0 Å². The van der Waals surface area contributed by atoms with Crippen molar-refractivity contribution in [1.82, 2.24) is 28.9 Å². The minimum absolute atomic E-state index is 0.318. The molecule has 0 saturated heterocycles. The van der Waals surface area contributed by atoms with Gasteiger partial charge in [-0.1, -0.05) is 6.08 Å². The fourth-order valence-electron chi connectivity index (χ4n) is 2.52. The number of rotatable bonds is 3. The second-order valence-electron chi connectivity index (χ2n) is 5.14. The van der Waals surface area contributed by atoms with Gasteiger partial charge in [-0.25, -0.2) is 9.48 Å². The molecule has 0 amide bonds. The number of aromatic amines is 1. The van der Waals surface area contributed by atoms with E-state index in [1.54, 1.807) is 22.4 Å². The molecule has 0 aromatic carbocycles. The van der Waals surface area contributed by atoms with Gasteiger partial charge in [-0.2, -0.15) is 10.1 Å². The monoisotopic (exact) mass is 300 g/mol. The van der Waals surface area contributed by atoms with Crippen LogP contribution in [0, 0.1) is 13.8 Å². The van der Waals surface area contributed by atoms with Gasteiger partial charge < -0.3 is 0 Å². The molecule has 0 aliphatic heterocycles. The summed E-state index contributed by atoms with van der Waals surface area (Å²) in [6, 6.07) is 1.92. The highest BCUT2D eigenvalue weighted by Crippen LogP contribution is 2.16. The molecule has 0 radical (unpaired) electrons. The molecule has 3 aromatic heterocycles. The van der Waals surface area contributed by atoms with Crippen molar-refractivity contribution in [3.63, 3.8) is 0 Å². The highest BCUT2D eigenvalue weighted by molar-refractivity contribution is 5.72. The number of nitrogens with zero attached hydrogens (tertiary/aromatic N) is 5. The highest BCUT2D eigenvalue weighted by atomic mass is 16.2. The lowest BCUT2D eigenvalue weighted by molar-refractivity contribution is 0.709. The van der Waals surface area contributed by atoms with Crippen molar-refractivity contribution in [2.24, 2.45) is 7.05 Å². The van der Waals surface area contributed by atoms with E-state index in [-0.39, 0.29) is 0 Å². The first-order chi connectivity index (χ1) is 10.4. The summed E-state index contributed by atoms with van der Waals surface area (Å²) in [6.45, 7) is 7.88. The van der Waals surface area contributed by atoms with Crippen molar-refractivity contribution in [2.45, 2.75) is 20.4 Å². The van der Waals surface area contributed by atoms with Crippen LogP contribution in [0.4, 0.5) is 0 Å². The van der Waals surface area contributed by atoms with Gasteiger partial charge in [0.1, 0.15) is 0 Å². The SMILES string of the molecule is C=CCn1c(-n2nc(C)cc2C)nc2c1c(=O)[nH]c(=O)n2C. The van der Waals surface area contributed by atoms with Gasteiger partial charge >= 0.3 is 5.69 Å². The second-order valence-corrected chi connectivity index (χ2v) is 5.14. The Morgan fingerprint density at radius 2 is 2.09 bits per heavy atom. The van der Waals surface area contributed by atoms with Gasteiger partial charge in [-0.15, -0.1) is 6.58 Å². The number of hydrogen-bond donors (Lipinski definition) is 1. The molecule has 0 aliphatic rings. The molecule has 0 fully saturated rings. The van der Waals surface area contributed by atoms with E-state index in [4.69, 9.17) is 0 Å². The van der Waals surface area contributed by atoms with E-state index in [0.29, 0.717) is 23.7 Å². The Balaban J connectivity index is 2.47. The third-order valence-electron chi connectivity index (χ3n) is 3.50. The Kier molecular flexibility index (Phi) is 3.09. The predicted octanol–water partition coefficient (Wildman–Crippen LogP) is 0.412. The summed E-state index contributed by atoms with van der Waals surface area (Å²) >= 11 is 0. The fraction of sp³-hybridized carbons (Fsp3) is 0.286. The van der Waals surface area contributed by atoms with Crippen molar-refractivity contribution in [3.8, 4) is 5.95 Å². The Morgan fingerprint density at radius 1 is 1.36 bits per heavy atom. The van der Waals surface area contributed by atoms with Gasteiger partial charge in [0.25, 0.3) is 5.56 Å². The third kappa shape index (κ3) is 1.92. The van der Waals surface area contributed by atoms with E-state index in [9.17, 15) is 9.59 Å². The van der Waals surface area contributed by atoms with E-state index in [1.807, 2.05) is 19.9 Å². The molecule has 0 aliphatic carbocycles. The number of H-pyrrole nitrogens is 1. The molecule has 0 spiro atoms. The molecular weight excluding hydrogens is 284 g/mol. The maximum Gasteiger partial charge on any atom is 0.329 e. The summed E-state index contributed by atoms with van der Waals surface area (Å²) in [4.78, 5) is 30.7. The van der Waals surface area contributed by atoms with E-state index >= 15 is 0 Å². The Labute approximate surface area is 125 Å². The van der Waals surface area contributed by atoms with Gasteiger partial charge in [0, 0.05) is 19.3 Å². The van der Waals surface area contributed by atoms with Crippen LogP contribution in [0.5, 0.6) is 0 Å². The second kappa shape index (κ2) is 4.83. The van der Waals surface area contributed by atoms with Crippen molar-refractivity contribution in [2.75, 3.05) is 0 Å². The van der Waals surface area contributed by atoms with Crippen LogP contribution >= 0.6 is 0 Å². The van der Waals surface area contributed by atoms with Crippen molar-refractivity contribution >= 4 is 11.2 Å². The van der Waals surface area contributed by atoms with Crippen LogP contribution in [-0.4, -0.2) is 28.9 Å². The van der Waals surface area contributed by atoms with Gasteiger partial charge in [-0.05, 0) is 19.9 Å². The summed E-state index contributed by atoms with van der Waals surface area (Å²) in [7, 11) is 1.57. The molecule has 114 valence electrons. The summed E-state index contributed by atoms with van der Waals surface area (Å²) in [5.41, 5.74) is 1.40. The fourth-order valence-corrected chi connectivity index (χ4v) is 2.52. The number of imidazole rings is 1. The first-order valence-electron chi connectivity index (χ1n) is 6.78. The minimum Gasteiger partial charge on any atom is -0.299 e. The molecule has 0 atom stereocenters. The van der Waals surface area contributed by atoms with Gasteiger partial charge in [0.2, 0.25) is 5.95 Å². The zero-order valence-corrected chi connectivity index (χ0v) is 12.6. The first-order valence-corrected chi connectivity index (χ1v) is 6.78. The molecule has 8 heteroatoms. The quantitative estimate of drug-likeness (QED) is 0.709. The predicted molar refractivity (Wildman–Crippen MR) is 82.4 cm³/mol. The number of aromatic nitrogens is 6. The van der Waals surface area contributed by atoms with Crippen molar-refractivity contribution in [3.05, 3.63) is 50.9 Å². The molecule has 0 bridgehead atoms. The van der Waals surface area contributed by atoms with E-state index in [2.05, 4.69) is 21.6 Å². The van der Waals surface area contributed by atoms with Gasteiger partial charge in [-0.3, -0.25) is 18.9 Å². The number of aryl methyl sites for hydroxylation is 3. The number of hydrogen-bond acceptors (Lipinski definition) is 4. The first kappa shape index (κ1) is 14.1. The van der Waals surface area contributed by atoms with Crippen molar-refractivity contribution < 1.29 is 0 Å². The molecule has 8 nitrogen and oxygen atoms in total. The summed E-state index contributed by atoms with van der Waals surface area (Å²) < 4.78 is 4.66. The lowest BCUT2D eigenvalue weighted by atomic mass is 10.4. The molecule has 3 aromatic rings. The zero-order valence-electron chi connectivity index (χ0n) is 12.6. The number of nitrogens with one attached hydrogen (secondary N) is 1. The molecule has 3 rings (SSSR count). The van der Waals surface area contributed by atoms with Gasteiger partial charge in [0.15, 0.2) is 11.2 Å². The van der Waals surface area contributed by atoms with E-state index in [0.717, 1.165) is 11.4 Å². The molecule has 22 heavy (non-hydrogen) atoms. The van der Waals surface area contributed by atoms with E-state index < -0.39 is 11.2 Å². The summed E-state index contributed by atoms with van der Waals surface area (Å²) in [5.74, 6) is 0.479. The molecule has 0 unspecified atom stereocenters. The maximum absolute atomic E-state index is 12.2. The molecular formula is C14H16N6O2. The zero-order chi connectivity index (χ0) is 16.0. The third-order valence-corrected chi connectivity index (χ3v) is 3.50. The lowest BCUT2D eigenvalue weighted by Gasteiger charge is -2.06. The van der Waals surface area contributed by atoms with Crippen molar-refractivity contribution in [1.29, 1.82) is 0 Å². The average Bonchev–Trinajstić information content (AvgIpc) is 2.97. The topological polar surface area (TPSA) is 90.5 Å². The molecule has 1 N–H and O–H groups in total. The lowest BCUT2D eigenvalue weighted by Crippen LogP contribution is -2.29. The standard InChI is InChI=1S/C14H16N6O2/c1-5-6-19-10-11(18(4)14(22)16-12(10)21)15-13(19)20-9(3)7-8(2)17-20/h5,7H,1,6H2,2-4H3,(H,16,21,22). The van der Waals surface area contributed by atoms with Crippen LogP contribution in [-0.2, 0) is 13.6 Å². The van der Waals surface area contributed by atoms with Crippen LogP contribution < -0.4 is 11.2 Å². The highest BCUT2D eigenvalue weighted by Gasteiger charge is 2.19. The van der Waals surface area contributed by atoms with Crippen LogP contribution in [0.15, 0.2) is 28.3 Å². The Hall–Kier alpha value is -2.90. The molecule has 0 saturated carbocycles. The van der Waals surface area contributed by atoms with Gasteiger partial charge in [0.05, 0.1) is 5.69 Å². The number of allylic oxidation sites excluding steroid dienone is 1. The smallest absolute Gasteiger partial charge is 0.299 e. The Morgan fingerprint density at radius 3 is 2.68 bits per heavy atom.